The van der Waals surface area contributed by atoms with Gasteiger partial charge in [0.1, 0.15) is 25.4 Å². The minimum atomic E-state index is -0.512. The normalized spacial score (nSPS) is 23.9. The molecule has 1 fully saturated rings. The summed E-state index contributed by atoms with van der Waals surface area (Å²) in [6.07, 6.45) is 2.20. The molecule has 2 aromatic heterocycles. The van der Waals surface area contributed by atoms with Crippen LogP contribution in [0.15, 0.2) is 24.5 Å². The van der Waals surface area contributed by atoms with E-state index < -0.39 is 6.10 Å². The van der Waals surface area contributed by atoms with Gasteiger partial charge in [-0.2, -0.15) is 0 Å². The molecule has 5 rings (SSSR count). The van der Waals surface area contributed by atoms with Crippen molar-refractivity contribution in [2.45, 2.75) is 25.0 Å². The highest BCUT2D eigenvalue weighted by Crippen LogP contribution is 2.39. The first-order chi connectivity index (χ1) is 13.7. The highest BCUT2D eigenvalue weighted by molar-refractivity contribution is 5.86. The third-order valence-corrected chi connectivity index (χ3v) is 5.34. The van der Waals surface area contributed by atoms with Gasteiger partial charge in [-0.05, 0) is 25.0 Å². The number of benzene rings is 1. The smallest absolute Gasteiger partial charge is 0.172 e. The first-order valence-corrected chi connectivity index (χ1v) is 9.38. The van der Waals surface area contributed by atoms with E-state index in [0.717, 1.165) is 5.56 Å². The second-order valence-electron chi connectivity index (χ2n) is 7.16. The van der Waals surface area contributed by atoms with Gasteiger partial charge < -0.3 is 30.0 Å². The predicted molar refractivity (Wildman–Crippen MR) is 101 cm³/mol. The number of aliphatic hydroxyl groups excluding tert-OH is 2. The molecule has 9 heteroatoms. The van der Waals surface area contributed by atoms with E-state index in [-0.39, 0.29) is 18.6 Å². The number of imidazole rings is 1. The lowest BCUT2D eigenvalue weighted by atomic mass is 10.1. The Morgan fingerprint density at radius 2 is 2.07 bits per heavy atom. The number of aliphatic hydroxyl groups is 2. The van der Waals surface area contributed by atoms with Crippen LogP contribution in [0.4, 0.5) is 5.82 Å². The minimum Gasteiger partial charge on any atom is -0.486 e. The van der Waals surface area contributed by atoms with Crippen molar-refractivity contribution >= 4 is 17.0 Å². The number of hydrogen-bond acceptors (Lipinski definition) is 8. The van der Waals surface area contributed by atoms with E-state index in [0.29, 0.717) is 60.4 Å². The first kappa shape index (κ1) is 17.2. The molecule has 0 unspecified atom stereocenters. The molecule has 3 atom stereocenters. The van der Waals surface area contributed by atoms with Crippen molar-refractivity contribution in [3.05, 3.63) is 24.5 Å². The van der Waals surface area contributed by atoms with Crippen molar-refractivity contribution in [2.24, 2.45) is 5.92 Å². The first-order valence-electron chi connectivity index (χ1n) is 9.38. The van der Waals surface area contributed by atoms with Crippen molar-refractivity contribution in [1.82, 2.24) is 19.9 Å². The maximum atomic E-state index is 10.0. The van der Waals surface area contributed by atoms with Crippen LogP contribution in [0.2, 0.25) is 0 Å². The Morgan fingerprint density at radius 1 is 1.18 bits per heavy atom. The Hall–Kier alpha value is -2.91. The molecule has 1 saturated carbocycles. The van der Waals surface area contributed by atoms with Gasteiger partial charge in [-0.3, -0.25) is 0 Å². The number of H-pyrrole nitrogens is 1. The van der Waals surface area contributed by atoms with Crippen LogP contribution in [0.25, 0.3) is 22.6 Å². The van der Waals surface area contributed by atoms with Gasteiger partial charge >= 0.3 is 0 Å². The van der Waals surface area contributed by atoms with Crippen molar-refractivity contribution in [3.63, 3.8) is 0 Å². The molecular formula is C19H21N5O4. The van der Waals surface area contributed by atoms with Gasteiger partial charge in [0.25, 0.3) is 0 Å². The summed E-state index contributed by atoms with van der Waals surface area (Å²) < 4.78 is 11.4. The highest BCUT2D eigenvalue weighted by Gasteiger charge is 2.33. The number of ether oxygens (including phenoxy) is 2. The van der Waals surface area contributed by atoms with Gasteiger partial charge in [0, 0.05) is 18.6 Å². The summed E-state index contributed by atoms with van der Waals surface area (Å²) in [4.78, 5) is 16.6. The zero-order valence-electron chi connectivity index (χ0n) is 15.1. The number of anilines is 1. The molecule has 3 heterocycles. The molecule has 4 N–H and O–H groups in total. The summed E-state index contributed by atoms with van der Waals surface area (Å²) in [6.45, 7) is 0.997. The zero-order chi connectivity index (χ0) is 19.1. The maximum Gasteiger partial charge on any atom is 0.172 e. The molecule has 1 aromatic carbocycles. The van der Waals surface area contributed by atoms with Gasteiger partial charge in [0.15, 0.2) is 28.5 Å². The summed E-state index contributed by atoms with van der Waals surface area (Å²) in [5, 5.41) is 22.7. The Labute approximate surface area is 160 Å². The van der Waals surface area contributed by atoms with Crippen LogP contribution in [0, 0.1) is 5.92 Å². The summed E-state index contributed by atoms with van der Waals surface area (Å²) in [5.74, 6) is 2.48. The molecule has 3 aromatic rings. The van der Waals surface area contributed by atoms with Crippen LogP contribution < -0.4 is 14.8 Å². The van der Waals surface area contributed by atoms with Crippen LogP contribution in [0.1, 0.15) is 12.8 Å². The van der Waals surface area contributed by atoms with E-state index in [4.69, 9.17) is 14.5 Å². The monoisotopic (exact) mass is 383 g/mol. The Balaban J connectivity index is 1.49. The molecule has 0 amide bonds. The third kappa shape index (κ3) is 2.92. The molecule has 0 saturated heterocycles. The molecule has 146 valence electrons. The van der Waals surface area contributed by atoms with Crippen molar-refractivity contribution in [1.29, 1.82) is 0 Å². The molecule has 0 radical (unpaired) electrons. The van der Waals surface area contributed by atoms with E-state index in [9.17, 15) is 10.2 Å². The van der Waals surface area contributed by atoms with Crippen molar-refractivity contribution in [2.75, 3.05) is 25.1 Å². The summed E-state index contributed by atoms with van der Waals surface area (Å²) in [6, 6.07) is 5.71. The molecule has 0 bridgehead atoms. The van der Waals surface area contributed by atoms with Crippen molar-refractivity contribution in [3.8, 4) is 22.9 Å². The fourth-order valence-corrected chi connectivity index (χ4v) is 3.93. The molecular weight excluding hydrogens is 362 g/mol. The lowest BCUT2D eigenvalue weighted by Gasteiger charge is -2.20. The Bertz CT molecular complexity index is 1010. The highest BCUT2D eigenvalue weighted by atomic mass is 16.6. The second kappa shape index (κ2) is 6.92. The van der Waals surface area contributed by atoms with Crippen LogP contribution in [0.3, 0.4) is 0 Å². The van der Waals surface area contributed by atoms with E-state index in [1.807, 2.05) is 18.2 Å². The fourth-order valence-electron chi connectivity index (χ4n) is 3.93. The second-order valence-corrected chi connectivity index (χ2v) is 7.16. The van der Waals surface area contributed by atoms with Gasteiger partial charge in [-0.25, -0.2) is 15.0 Å². The standard InChI is InChI=1S/C19H21N5O4/c25-8-10-6-11(7-13(10)26)22-18-15-19(21-9-20-18)24-17(23-15)12-2-1-3-14-16(12)28-5-4-27-14/h1-3,9-11,13,25-26H,4-8H2,(H2,20,21,22,23,24)/t10-,11+,13-/m0/s1. The summed E-state index contributed by atoms with van der Waals surface area (Å²) in [7, 11) is 0. The molecule has 1 aliphatic carbocycles. The van der Waals surface area contributed by atoms with Crippen LogP contribution in [-0.2, 0) is 0 Å². The van der Waals surface area contributed by atoms with E-state index in [2.05, 4.69) is 20.3 Å². The van der Waals surface area contributed by atoms with Gasteiger partial charge in [0.2, 0.25) is 0 Å². The van der Waals surface area contributed by atoms with Gasteiger partial charge in [-0.1, -0.05) is 6.07 Å². The number of para-hydroxylation sites is 1. The number of nitrogens with zero attached hydrogens (tertiary/aromatic N) is 3. The quantitative estimate of drug-likeness (QED) is 0.532. The fraction of sp³-hybridized carbons (Fsp3) is 0.421. The predicted octanol–water partition coefficient (Wildman–Crippen LogP) is 1.33. The topological polar surface area (TPSA) is 125 Å². The molecule has 2 aliphatic rings. The SMILES string of the molecule is OC[C@@H]1C[C@@H](Nc2ncnc3[nH]c(-c4cccc5c4OCCO5)nc23)C[C@@H]1O. The summed E-state index contributed by atoms with van der Waals surface area (Å²) >= 11 is 0. The average molecular weight is 383 g/mol. The van der Waals surface area contributed by atoms with Crippen molar-refractivity contribution < 1.29 is 19.7 Å². The maximum absolute atomic E-state index is 10.0. The lowest BCUT2D eigenvalue weighted by molar-refractivity contribution is 0.0908. The van der Waals surface area contributed by atoms with Crippen LogP contribution in [0.5, 0.6) is 11.5 Å². The Kier molecular flexibility index (Phi) is 4.25. The molecule has 28 heavy (non-hydrogen) atoms. The van der Waals surface area contributed by atoms with Gasteiger partial charge in [-0.15, -0.1) is 0 Å². The number of aromatic amines is 1. The molecule has 0 spiro atoms. The Morgan fingerprint density at radius 3 is 2.93 bits per heavy atom. The van der Waals surface area contributed by atoms with E-state index in [1.54, 1.807) is 0 Å². The number of nitrogens with one attached hydrogen (secondary N) is 2. The zero-order valence-corrected chi connectivity index (χ0v) is 15.1. The van der Waals surface area contributed by atoms with Crippen LogP contribution in [-0.4, -0.2) is 62.1 Å². The summed E-state index contributed by atoms with van der Waals surface area (Å²) in [5.41, 5.74) is 2.03. The van der Waals surface area contributed by atoms with E-state index >= 15 is 0 Å². The minimum absolute atomic E-state index is 0.0200. The average Bonchev–Trinajstić information content (AvgIpc) is 3.31. The number of fused-ring (bicyclic) bond motifs is 2. The van der Waals surface area contributed by atoms with Crippen LogP contribution >= 0.6 is 0 Å². The largest absolute Gasteiger partial charge is 0.486 e. The van der Waals surface area contributed by atoms with E-state index in [1.165, 1.54) is 6.33 Å². The molecule has 9 nitrogen and oxygen atoms in total. The lowest BCUT2D eigenvalue weighted by Crippen LogP contribution is -2.17. The number of aromatic nitrogens is 4. The van der Waals surface area contributed by atoms with Gasteiger partial charge in [0.05, 0.1) is 11.7 Å². The number of hydrogen-bond donors (Lipinski definition) is 4. The molecule has 1 aliphatic heterocycles. The third-order valence-electron chi connectivity index (χ3n) is 5.34. The number of rotatable bonds is 4.